The number of aryl methyl sites for hydroxylation is 2. The molecule has 22 heavy (non-hydrogen) atoms. The van der Waals surface area contributed by atoms with Crippen molar-refractivity contribution in [1.29, 1.82) is 0 Å². The van der Waals surface area contributed by atoms with Crippen LogP contribution in [-0.4, -0.2) is 31.6 Å². The molecule has 0 bridgehead atoms. The molecule has 1 heterocycles. The van der Waals surface area contributed by atoms with Crippen LogP contribution in [-0.2, 0) is 4.79 Å². The van der Waals surface area contributed by atoms with Gasteiger partial charge in [-0.1, -0.05) is 24.6 Å². The van der Waals surface area contributed by atoms with Crippen LogP contribution in [0.15, 0.2) is 18.2 Å². The molecule has 120 valence electrons. The molecule has 5 heteroatoms. The molecule has 0 aromatic heterocycles. The first-order valence-corrected chi connectivity index (χ1v) is 7.95. The fraction of sp³-hybridized carbons (Fsp3) is 0.529. The lowest BCUT2D eigenvalue weighted by Gasteiger charge is -2.27. The lowest BCUT2D eigenvalue weighted by Crippen LogP contribution is -3.14. The van der Waals surface area contributed by atoms with Crippen molar-refractivity contribution in [3.8, 4) is 0 Å². The van der Waals surface area contributed by atoms with E-state index in [-0.39, 0.29) is 5.91 Å². The smallest absolute Gasteiger partial charge is 0.326 e. The molecule has 2 rings (SSSR count). The Balaban J connectivity index is 1.82. The molecule has 1 fully saturated rings. The van der Waals surface area contributed by atoms with Gasteiger partial charge in [-0.05, 0) is 38.3 Å². The van der Waals surface area contributed by atoms with Gasteiger partial charge in [-0.3, -0.25) is 10.1 Å². The van der Waals surface area contributed by atoms with Gasteiger partial charge in [0.05, 0.1) is 13.1 Å². The maximum atomic E-state index is 12.0. The second kappa shape index (κ2) is 7.40. The number of rotatable bonds is 3. The number of urea groups is 1. The molecule has 3 N–H and O–H groups in total. The molecular weight excluding hydrogens is 278 g/mol. The van der Waals surface area contributed by atoms with Crippen LogP contribution in [0.2, 0.25) is 0 Å². The summed E-state index contributed by atoms with van der Waals surface area (Å²) in [4.78, 5) is 25.1. The summed E-state index contributed by atoms with van der Waals surface area (Å²) in [6.45, 7) is 8.53. The first kappa shape index (κ1) is 16.5. The monoisotopic (exact) mass is 304 g/mol. The first-order valence-electron chi connectivity index (χ1n) is 7.95. The average Bonchev–Trinajstić information content (AvgIpc) is 2.41. The third kappa shape index (κ3) is 4.84. The number of carbonyl (C=O) groups excluding carboxylic acids is 2. The van der Waals surface area contributed by atoms with E-state index in [2.05, 4.69) is 17.6 Å². The number of quaternary nitrogens is 1. The molecule has 2 atom stereocenters. The van der Waals surface area contributed by atoms with E-state index in [0.717, 1.165) is 36.3 Å². The Bertz CT molecular complexity index is 557. The molecule has 1 saturated heterocycles. The number of nitrogens with one attached hydrogen (secondary N) is 3. The van der Waals surface area contributed by atoms with Crippen molar-refractivity contribution in [2.45, 2.75) is 33.6 Å². The highest BCUT2D eigenvalue weighted by molar-refractivity contribution is 6.01. The van der Waals surface area contributed by atoms with Crippen LogP contribution in [0, 0.1) is 19.8 Å². The standard InChI is InChI=1S/C17H25N3O2/c1-12-6-7-15(14(3)9-12)18-17(22)19-16(21)11-20-8-4-5-13(2)10-20/h6-7,9,13H,4-5,8,10-11H2,1-3H3,(H2,18,19,21,22)/p+1/t13-/m0/s1. The molecule has 1 aromatic rings. The zero-order valence-corrected chi connectivity index (χ0v) is 13.7. The van der Waals surface area contributed by atoms with Gasteiger partial charge in [0.25, 0.3) is 5.91 Å². The number of imide groups is 1. The van der Waals surface area contributed by atoms with E-state index in [0.29, 0.717) is 12.5 Å². The minimum atomic E-state index is -0.457. The Labute approximate surface area is 132 Å². The zero-order chi connectivity index (χ0) is 16.1. The summed E-state index contributed by atoms with van der Waals surface area (Å²) in [6.07, 6.45) is 2.39. The van der Waals surface area contributed by atoms with E-state index in [1.807, 2.05) is 32.0 Å². The number of carbonyl (C=O) groups is 2. The predicted molar refractivity (Wildman–Crippen MR) is 87.0 cm³/mol. The minimum absolute atomic E-state index is 0.216. The van der Waals surface area contributed by atoms with Gasteiger partial charge in [0.15, 0.2) is 6.54 Å². The predicted octanol–water partition coefficient (Wildman–Crippen LogP) is 1.27. The highest BCUT2D eigenvalue weighted by Crippen LogP contribution is 2.15. The van der Waals surface area contributed by atoms with Crippen LogP contribution in [0.3, 0.4) is 0 Å². The molecule has 0 saturated carbocycles. The normalized spacial score (nSPS) is 21.2. The average molecular weight is 304 g/mol. The van der Waals surface area contributed by atoms with E-state index < -0.39 is 6.03 Å². The summed E-state index contributed by atoms with van der Waals surface area (Å²) in [6, 6.07) is 5.33. The quantitative estimate of drug-likeness (QED) is 0.787. The van der Waals surface area contributed by atoms with Crippen LogP contribution in [0.25, 0.3) is 0 Å². The summed E-state index contributed by atoms with van der Waals surface area (Å²) in [7, 11) is 0. The van der Waals surface area contributed by atoms with Gasteiger partial charge >= 0.3 is 6.03 Å². The Hall–Kier alpha value is -1.88. The van der Waals surface area contributed by atoms with Gasteiger partial charge in [-0.2, -0.15) is 0 Å². The molecular formula is C17H26N3O2+. The van der Waals surface area contributed by atoms with Gasteiger partial charge in [0.1, 0.15) is 0 Å². The zero-order valence-electron chi connectivity index (χ0n) is 13.7. The second-order valence-corrected chi connectivity index (χ2v) is 6.45. The first-order chi connectivity index (χ1) is 10.4. The lowest BCUT2D eigenvalue weighted by atomic mass is 10.0. The number of anilines is 1. The van der Waals surface area contributed by atoms with Gasteiger partial charge in [-0.15, -0.1) is 0 Å². The summed E-state index contributed by atoms with van der Waals surface area (Å²) in [5.74, 6) is 0.437. The van der Waals surface area contributed by atoms with Gasteiger partial charge in [0, 0.05) is 11.6 Å². The highest BCUT2D eigenvalue weighted by Gasteiger charge is 2.22. The Morgan fingerprint density at radius 3 is 2.77 bits per heavy atom. The highest BCUT2D eigenvalue weighted by atomic mass is 16.2. The lowest BCUT2D eigenvalue weighted by molar-refractivity contribution is -0.900. The summed E-state index contributed by atoms with van der Waals surface area (Å²) >= 11 is 0. The number of likely N-dealkylation sites (tertiary alicyclic amines) is 1. The molecule has 0 spiro atoms. The largest absolute Gasteiger partial charge is 0.327 e. The Morgan fingerprint density at radius 1 is 1.32 bits per heavy atom. The number of piperidine rings is 1. The van der Waals surface area contributed by atoms with Gasteiger partial charge in [0.2, 0.25) is 0 Å². The van der Waals surface area contributed by atoms with E-state index in [1.165, 1.54) is 11.3 Å². The molecule has 0 aliphatic carbocycles. The maximum absolute atomic E-state index is 12.0. The van der Waals surface area contributed by atoms with Crippen LogP contribution in [0.5, 0.6) is 0 Å². The number of benzene rings is 1. The third-order valence-corrected chi connectivity index (χ3v) is 4.16. The molecule has 1 aliphatic rings. The minimum Gasteiger partial charge on any atom is -0.327 e. The molecule has 5 nitrogen and oxygen atoms in total. The van der Waals surface area contributed by atoms with Gasteiger partial charge < -0.3 is 10.2 Å². The second-order valence-electron chi connectivity index (χ2n) is 6.45. The summed E-state index contributed by atoms with van der Waals surface area (Å²) < 4.78 is 0. The van der Waals surface area contributed by atoms with Crippen molar-refractivity contribution in [3.05, 3.63) is 29.3 Å². The number of hydrogen-bond acceptors (Lipinski definition) is 2. The van der Waals surface area contributed by atoms with Crippen molar-refractivity contribution in [3.63, 3.8) is 0 Å². The van der Waals surface area contributed by atoms with Crippen molar-refractivity contribution in [2.75, 3.05) is 25.0 Å². The van der Waals surface area contributed by atoms with Crippen molar-refractivity contribution < 1.29 is 14.5 Å². The van der Waals surface area contributed by atoms with E-state index >= 15 is 0 Å². The maximum Gasteiger partial charge on any atom is 0.326 e. The Kier molecular flexibility index (Phi) is 5.55. The van der Waals surface area contributed by atoms with Crippen LogP contribution >= 0.6 is 0 Å². The van der Waals surface area contributed by atoms with Crippen molar-refractivity contribution >= 4 is 17.6 Å². The molecule has 3 amide bonds. The Morgan fingerprint density at radius 2 is 2.09 bits per heavy atom. The van der Waals surface area contributed by atoms with E-state index in [9.17, 15) is 9.59 Å². The summed E-state index contributed by atoms with van der Waals surface area (Å²) in [5, 5.41) is 5.16. The van der Waals surface area contributed by atoms with Crippen molar-refractivity contribution in [2.24, 2.45) is 5.92 Å². The number of amides is 3. The summed E-state index contributed by atoms with van der Waals surface area (Å²) in [5.41, 5.74) is 2.86. The van der Waals surface area contributed by atoms with E-state index in [4.69, 9.17) is 0 Å². The fourth-order valence-corrected chi connectivity index (χ4v) is 3.06. The van der Waals surface area contributed by atoms with Crippen LogP contribution in [0.1, 0.15) is 30.9 Å². The SMILES string of the molecule is Cc1ccc(NC(=O)NC(=O)C[NH+]2CCC[C@H](C)C2)c(C)c1. The molecule has 1 aromatic carbocycles. The van der Waals surface area contributed by atoms with Gasteiger partial charge in [-0.25, -0.2) is 4.79 Å². The third-order valence-electron chi connectivity index (χ3n) is 4.16. The number of hydrogen-bond donors (Lipinski definition) is 3. The van der Waals surface area contributed by atoms with E-state index in [1.54, 1.807) is 0 Å². The molecule has 1 aliphatic heterocycles. The molecule has 0 radical (unpaired) electrons. The topological polar surface area (TPSA) is 62.6 Å². The van der Waals surface area contributed by atoms with Crippen LogP contribution in [0.4, 0.5) is 10.5 Å². The van der Waals surface area contributed by atoms with Crippen molar-refractivity contribution in [1.82, 2.24) is 5.32 Å². The van der Waals surface area contributed by atoms with Crippen LogP contribution < -0.4 is 15.5 Å². The fourth-order valence-electron chi connectivity index (χ4n) is 3.06. The molecule has 1 unspecified atom stereocenters.